The molecular weight excluding hydrogens is 224 g/mol. The molecule has 18 heavy (non-hydrogen) atoms. The van der Waals surface area contributed by atoms with Crippen LogP contribution in [0, 0.1) is 12.3 Å². The van der Waals surface area contributed by atoms with Crippen molar-refractivity contribution in [3.05, 3.63) is 23.8 Å². The van der Waals surface area contributed by atoms with E-state index in [1.165, 1.54) is 24.8 Å². The minimum atomic E-state index is -0.191. The first-order valence-corrected chi connectivity index (χ1v) is 6.86. The van der Waals surface area contributed by atoms with Crippen LogP contribution in [0.5, 0.6) is 0 Å². The number of aryl methyl sites for hydroxylation is 1. The molecule has 3 rings (SSSR count). The summed E-state index contributed by atoms with van der Waals surface area (Å²) in [4.78, 5) is 12.5. The summed E-state index contributed by atoms with van der Waals surface area (Å²) in [6.07, 6.45) is 5.63. The van der Waals surface area contributed by atoms with Gasteiger partial charge < -0.3 is 10.6 Å². The fourth-order valence-electron chi connectivity index (χ4n) is 3.23. The predicted molar refractivity (Wildman–Crippen MR) is 73.8 cm³/mol. The molecule has 0 aromatic heterocycles. The summed E-state index contributed by atoms with van der Waals surface area (Å²) in [6, 6.07) is 6.06. The van der Waals surface area contributed by atoms with Crippen molar-refractivity contribution in [2.45, 2.75) is 39.0 Å². The van der Waals surface area contributed by atoms with Crippen molar-refractivity contribution in [1.29, 1.82) is 0 Å². The topological polar surface area (TPSA) is 41.1 Å². The van der Waals surface area contributed by atoms with E-state index in [2.05, 4.69) is 23.6 Å². The molecule has 0 bridgehead atoms. The smallest absolute Gasteiger partial charge is 0.232 e. The Morgan fingerprint density at radius 3 is 2.72 bits per heavy atom. The second-order valence-corrected chi connectivity index (χ2v) is 5.65. The van der Waals surface area contributed by atoms with Crippen LogP contribution in [0.15, 0.2) is 18.2 Å². The van der Waals surface area contributed by atoms with Crippen molar-refractivity contribution in [2.24, 2.45) is 5.41 Å². The van der Waals surface area contributed by atoms with Crippen molar-refractivity contribution in [1.82, 2.24) is 0 Å². The first-order valence-electron chi connectivity index (χ1n) is 6.86. The Morgan fingerprint density at radius 2 is 1.94 bits per heavy atom. The lowest BCUT2D eigenvalue weighted by atomic mass is 9.73. The SMILES string of the molecule is Cc1cccc2c1NCC1(CCCCC1)C(=O)N2. The number of hydrogen-bond donors (Lipinski definition) is 2. The molecule has 1 fully saturated rings. The van der Waals surface area contributed by atoms with Crippen LogP contribution in [-0.2, 0) is 4.79 Å². The minimum absolute atomic E-state index is 0.191. The molecule has 96 valence electrons. The fourth-order valence-corrected chi connectivity index (χ4v) is 3.23. The molecule has 1 saturated carbocycles. The molecule has 0 saturated heterocycles. The molecule has 1 spiro atoms. The van der Waals surface area contributed by atoms with Crippen molar-refractivity contribution < 1.29 is 4.79 Å². The molecular formula is C15H20N2O. The quantitative estimate of drug-likeness (QED) is 0.735. The Bertz CT molecular complexity index is 475. The van der Waals surface area contributed by atoms with Gasteiger partial charge in [-0.3, -0.25) is 4.79 Å². The van der Waals surface area contributed by atoms with Crippen LogP contribution in [0.3, 0.4) is 0 Å². The predicted octanol–water partition coefficient (Wildman–Crippen LogP) is 3.31. The Morgan fingerprint density at radius 1 is 1.17 bits per heavy atom. The van der Waals surface area contributed by atoms with Gasteiger partial charge in [-0.2, -0.15) is 0 Å². The van der Waals surface area contributed by atoms with E-state index < -0.39 is 0 Å². The van der Waals surface area contributed by atoms with Gasteiger partial charge in [0, 0.05) is 6.54 Å². The Labute approximate surface area is 108 Å². The summed E-state index contributed by atoms with van der Waals surface area (Å²) in [5.41, 5.74) is 3.03. The highest BCUT2D eigenvalue weighted by Crippen LogP contribution is 2.41. The number of anilines is 2. The maximum Gasteiger partial charge on any atom is 0.232 e. The molecule has 0 atom stereocenters. The summed E-state index contributed by atoms with van der Waals surface area (Å²) in [7, 11) is 0. The average Bonchev–Trinajstić information content (AvgIpc) is 2.51. The summed E-state index contributed by atoms with van der Waals surface area (Å²) in [5.74, 6) is 0.207. The molecule has 1 heterocycles. The third-order valence-corrected chi connectivity index (χ3v) is 4.42. The number of hydrogen-bond acceptors (Lipinski definition) is 2. The lowest BCUT2D eigenvalue weighted by molar-refractivity contribution is -0.126. The van der Waals surface area contributed by atoms with Crippen LogP contribution in [0.4, 0.5) is 11.4 Å². The van der Waals surface area contributed by atoms with Crippen molar-refractivity contribution >= 4 is 17.3 Å². The Balaban J connectivity index is 1.95. The van der Waals surface area contributed by atoms with Gasteiger partial charge in [0.05, 0.1) is 16.8 Å². The van der Waals surface area contributed by atoms with Gasteiger partial charge in [-0.1, -0.05) is 31.4 Å². The van der Waals surface area contributed by atoms with E-state index in [1.54, 1.807) is 0 Å². The van der Waals surface area contributed by atoms with Gasteiger partial charge in [0.1, 0.15) is 0 Å². The maximum atomic E-state index is 12.5. The third kappa shape index (κ3) is 1.78. The number of fused-ring (bicyclic) bond motifs is 1. The van der Waals surface area contributed by atoms with Gasteiger partial charge in [0.2, 0.25) is 5.91 Å². The van der Waals surface area contributed by atoms with E-state index in [0.29, 0.717) is 0 Å². The van der Waals surface area contributed by atoms with Gasteiger partial charge in [-0.05, 0) is 31.4 Å². The summed E-state index contributed by atoms with van der Waals surface area (Å²) in [6.45, 7) is 2.85. The molecule has 2 N–H and O–H groups in total. The van der Waals surface area contributed by atoms with Crippen LogP contribution in [-0.4, -0.2) is 12.5 Å². The molecule has 0 unspecified atom stereocenters. The van der Waals surface area contributed by atoms with Crippen LogP contribution in [0.2, 0.25) is 0 Å². The fraction of sp³-hybridized carbons (Fsp3) is 0.533. The number of rotatable bonds is 0. The molecule has 1 aliphatic carbocycles. The molecule has 3 nitrogen and oxygen atoms in total. The van der Waals surface area contributed by atoms with Crippen LogP contribution >= 0.6 is 0 Å². The lowest BCUT2D eigenvalue weighted by Crippen LogP contribution is -2.41. The third-order valence-electron chi connectivity index (χ3n) is 4.42. The van der Waals surface area contributed by atoms with Crippen LogP contribution < -0.4 is 10.6 Å². The molecule has 1 aromatic rings. The molecule has 1 aliphatic heterocycles. The highest BCUT2D eigenvalue weighted by Gasteiger charge is 2.41. The lowest BCUT2D eigenvalue weighted by Gasteiger charge is -2.34. The first-order chi connectivity index (χ1) is 8.71. The molecule has 1 amide bonds. The van der Waals surface area contributed by atoms with Gasteiger partial charge in [0.25, 0.3) is 0 Å². The zero-order valence-electron chi connectivity index (χ0n) is 10.9. The van der Waals surface area contributed by atoms with Crippen molar-refractivity contribution in [2.75, 3.05) is 17.2 Å². The number of para-hydroxylation sites is 1. The molecule has 2 aliphatic rings. The summed E-state index contributed by atoms with van der Waals surface area (Å²) in [5, 5.41) is 6.62. The van der Waals surface area contributed by atoms with E-state index in [0.717, 1.165) is 30.8 Å². The zero-order valence-corrected chi connectivity index (χ0v) is 10.9. The van der Waals surface area contributed by atoms with Gasteiger partial charge in [0.15, 0.2) is 0 Å². The van der Waals surface area contributed by atoms with E-state index in [9.17, 15) is 4.79 Å². The maximum absolute atomic E-state index is 12.5. The Kier molecular flexibility index (Phi) is 2.77. The normalized spacial score (nSPS) is 21.7. The van der Waals surface area contributed by atoms with Crippen molar-refractivity contribution in [3.63, 3.8) is 0 Å². The highest BCUT2D eigenvalue weighted by atomic mass is 16.2. The van der Waals surface area contributed by atoms with Crippen LogP contribution in [0.1, 0.15) is 37.7 Å². The van der Waals surface area contributed by atoms with Gasteiger partial charge in [-0.15, -0.1) is 0 Å². The number of benzene rings is 1. The van der Waals surface area contributed by atoms with E-state index in [-0.39, 0.29) is 11.3 Å². The number of nitrogens with one attached hydrogen (secondary N) is 2. The first kappa shape index (κ1) is 11.6. The minimum Gasteiger partial charge on any atom is -0.382 e. The van der Waals surface area contributed by atoms with Crippen LogP contribution in [0.25, 0.3) is 0 Å². The highest BCUT2D eigenvalue weighted by molar-refractivity contribution is 6.00. The number of amides is 1. The zero-order chi connectivity index (χ0) is 12.6. The molecule has 3 heteroatoms. The molecule has 1 aromatic carbocycles. The second-order valence-electron chi connectivity index (χ2n) is 5.65. The standard InChI is InChI=1S/C15H20N2O/c1-11-6-5-7-12-13(11)16-10-15(14(18)17-12)8-3-2-4-9-15/h5-7,16H,2-4,8-10H2,1H3,(H,17,18). The Hall–Kier alpha value is -1.51. The second kappa shape index (κ2) is 4.30. The number of carbonyl (C=O) groups is 1. The van der Waals surface area contributed by atoms with Crippen molar-refractivity contribution in [3.8, 4) is 0 Å². The largest absolute Gasteiger partial charge is 0.382 e. The van der Waals surface area contributed by atoms with E-state index in [1.807, 2.05) is 12.1 Å². The van der Waals surface area contributed by atoms with E-state index >= 15 is 0 Å². The monoisotopic (exact) mass is 244 g/mol. The molecule has 0 radical (unpaired) electrons. The van der Waals surface area contributed by atoms with E-state index in [4.69, 9.17) is 0 Å². The summed E-state index contributed by atoms with van der Waals surface area (Å²) < 4.78 is 0. The van der Waals surface area contributed by atoms with Gasteiger partial charge in [-0.25, -0.2) is 0 Å². The van der Waals surface area contributed by atoms with Gasteiger partial charge >= 0.3 is 0 Å². The summed E-state index contributed by atoms with van der Waals surface area (Å²) >= 11 is 0. The average molecular weight is 244 g/mol. The number of carbonyl (C=O) groups excluding carboxylic acids is 1.